The molecule has 0 aromatic heterocycles. The molecule has 132 valence electrons. The highest BCUT2D eigenvalue weighted by molar-refractivity contribution is 5.95. The van der Waals surface area contributed by atoms with Gasteiger partial charge >= 0.3 is 0 Å². The zero-order valence-electron chi connectivity index (χ0n) is 15.1. The molecule has 1 heterocycles. The minimum absolute atomic E-state index is 0.0183. The molecule has 1 N–H and O–H groups in total. The molecule has 1 aromatic carbocycles. The molecule has 1 aliphatic rings. The highest BCUT2D eigenvalue weighted by Crippen LogP contribution is 2.32. The van der Waals surface area contributed by atoms with Crippen molar-refractivity contribution in [2.75, 3.05) is 26.7 Å². The van der Waals surface area contributed by atoms with Gasteiger partial charge < -0.3 is 14.9 Å². The Morgan fingerprint density at radius 1 is 1.29 bits per heavy atom. The van der Waals surface area contributed by atoms with Gasteiger partial charge in [0.15, 0.2) is 0 Å². The van der Waals surface area contributed by atoms with Gasteiger partial charge in [0.2, 0.25) is 5.91 Å². The number of hydrogen-bond acceptors (Lipinski definition) is 3. The van der Waals surface area contributed by atoms with Crippen molar-refractivity contribution in [3.05, 3.63) is 35.9 Å². The number of nitrogens with zero attached hydrogens (tertiary/aromatic N) is 2. The van der Waals surface area contributed by atoms with E-state index in [1.165, 1.54) is 0 Å². The fourth-order valence-electron chi connectivity index (χ4n) is 3.46. The smallest absolute Gasteiger partial charge is 0.253 e. The van der Waals surface area contributed by atoms with Crippen LogP contribution < -0.4 is 0 Å². The zero-order valence-corrected chi connectivity index (χ0v) is 15.1. The van der Waals surface area contributed by atoms with Crippen molar-refractivity contribution in [2.45, 2.75) is 39.2 Å². The fourth-order valence-corrected chi connectivity index (χ4v) is 3.46. The largest absolute Gasteiger partial charge is 0.389 e. The third kappa shape index (κ3) is 4.35. The van der Waals surface area contributed by atoms with Gasteiger partial charge in [-0.15, -0.1) is 0 Å². The van der Waals surface area contributed by atoms with E-state index in [-0.39, 0.29) is 18.4 Å². The van der Waals surface area contributed by atoms with Crippen molar-refractivity contribution in [1.82, 2.24) is 9.80 Å². The lowest BCUT2D eigenvalue weighted by molar-refractivity contribution is -0.145. The van der Waals surface area contributed by atoms with Crippen LogP contribution >= 0.6 is 0 Å². The van der Waals surface area contributed by atoms with Gasteiger partial charge in [0, 0.05) is 32.2 Å². The summed E-state index contributed by atoms with van der Waals surface area (Å²) in [6.45, 7) is 6.65. The summed E-state index contributed by atoms with van der Waals surface area (Å²) in [6.07, 6.45) is 1.55. The molecule has 0 bridgehead atoms. The maximum atomic E-state index is 12.9. The number of likely N-dealkylation sites (tertiary alicyclic amines) is 1. The lowest BCUT2D eigenvalue weighted by atomic mass is 9.80. The van der Waals surface area contributed by atoms with Crippen molar-refractivity contribution in [2.24, 2.45) is 5.41 Å². The van der Waals surface area contributed by atoms with Crippen LogP contribution in [0.25, 0.3) is 0 Å². The SMILES string of the molecule is CN(CC(C)(C)O)C(=O)C1(C)CCCN(C(=O)c2ccccc2)C1. The molecular weight excluding hydrogens is 304 g/mol. The van der Waals surface area contributed by atoms with E-state index < -0.39 is 11.0 Å². The molecule has 1 aromatic rings. The normalized spacial score (nSPS) is 21.5. The van der Waals surface area contributed by atoms with E-state index in [0.717, 1.165) is 12.8 Å². The number of likely N-dealkylation sites (N-methyl/N-ethyl adjacent to an activating group) is 1. The number of hydrogen-bond donors (Lipinski definition) is 1. The molecular formula is C19H28N2O3. The minimum Gasteiger partial charge on any atom is -0.389 e. The van der Waals surface area contributed by atoms with Crippen LogP contribution in [0.1, 0.15) is 44.0 Å². The lowest BCUT2D eigenvalue weighted by Crippen LogP contribution is -2.54. The first-order valence-electron chi connectivity index (χ1n) is 8.45. The molecule has 5 heteroatoms. The van der Waals surface area contributed by atoms with Crippen LogP contribution in [0.15, 0.2) is 30.3 Å². The summed E-state index contributed by atoms with van der Waals surface area (Å²) in [5.41, 5.74) is -0.892. The van der Waals surface area contributed by atoms with Gasteiger partial charge in [-0.1, -0.05) is 18.2 Å². The second kappa shape index (κ2) is 6.93. The summed E-state index contributed by atoms with van der Waals surface area (Å²) < 4.78 is 0. The Morgan fingerprint density at radius 3 is 2.50 bits per heavy atom. The van der Waals surface area contributed by atoms with Crippen LogP contribution in [0.3, 0.4) is 0 Å². The van der Waals surface area contributed by atoms with E-state index in [9.17, 15) is 14.7 Å². The van der Waals surface area contributed by atoms with E-state index in [2.05, 4.69) is 0 Å². The second-order valence-corrected chi connectivity index (χ2v) is 7.73. The van der Waals surface area contributed by atoms with Crippen LogP contribution in [0, 0.1) is 5.41 Å². The molecule has 1 fully saturated rings. The van der Waals surface area contributed by atoms with Gasteiger partial charge in [-0.25, -0.2) is 0 Å². The molecule has 0 aliphatic carbocycles. The van der Waals surface area contributed by atoms with Gasteiger partial charge in [-0.05, 0) is 45.7 Å². The topological polar surface area (TPSA) is 60.9 Å². The maximum Gasteiger partial charge on any atom is 0.253 e. The van der Waals surface area contributed by atoms with Crippen molar-refractivity contribution in [3.63, 3.8) is 0 Å². The summed E-state index contributed by atoms with van der Waals surface area (Å²) in [4.78, 5) is 28.9. The molecule has 0 spiro atoms. The van der Waals surface area contributed by atoms with Crippen molar-refractivity contribution >= 4 is 11.8 Å². The molecule has 1 saturated heterocycles. The van der Waals surface area contributed by atoms with Gasteiger partial charge in [0.05, 0.1) is 11.0 Å². The first-order valence-corrected chi connectivity index (χ1v) is 8.45. The minimum atomic E-state index is -0.936. The maximum absolute atomic E-state index is 12.9. The number of aliphatic hydroxyl groups is 1. The Bertz CT molecular complexity index is 594. The fraction of sp³-hybridized carbons (Fsp3) is 0.579. The number of amides is 2. The van der Waals surface area contributed by atoms with E-state index in [1.807, 2.05) is 25.1 Å². The monoisotopic (exact) mass is 332 g/mol. The summed E-state index contributed by atoms with van der Waals surface area (Å²) >= 11 is 0. The van der Waals surface area contributed by atoms with Crippen molar-refractivity contribution < 1.29 is 14.7 Å². The Labute approximate surface area is 144 Å². The first kappa shape index (κ1) is 18.5. The van der Waals surface area contributed by atoms with Crippen LogP contribution in [0.4, 0.5) is 0 Å². The molecule has 0 saturated carbocycles. The molecule has 1 aliphatic heterocycles. The number of benzene rings is 1. The van der Waals surface area contributed by atoms with Crippen LogP contribution in [0.2, 0.25) is 0 Å². The van der Waals surface area contributed by atoms with Gasteiger partial charge in [0.25, 0.3) is 5.91 Å². The molecule has 2 rings (SSSR count). The molecule has 1 unspecified atom stereocenters. The Kier molecular flexibility index (Phi) is 5.33. The number of carbonyl (C=O) groups is 2. The van der Waals surface area contributed by atoms with Gasteiger partial charge in [-0.3, -0.25) is 9.59 Å². The summed E-state index contributed by atoms with van der Waals surface area (Å²) in [7, 11) is 1.71. The number of piperidine rings is 1. The Morgan fingerprint density at radius 2 is 1.92 bits per heavy atom. The molecule has 5 nitrogen and oxygen atoms in total. The summed E-state index contributed by atoms with van der Waals surface area (Å²) in [5, 5.41) is 9.95. The van der Waals surface area contributed by atoms with Gasteiger partial charge in [-0.2, -0.15) is 0 Å². The van der Waals surface area contributed by atoms with Crippen LogP contribution in [-0.2, 0) is 4.79 Å². The lowest BCUT2D eigenvalue weighted by Gasteiger charge is -2.42. The highest BCUT2D eigenvalue weighted by Gasteiger charge is 2.41. The predicted molar refractivity (Wildman–Crippen MR) is 93.6 cm³/mol. The van der Waals surface area contributed by atoms with E-state index >= 15 is 0 Å². The van der Waals surface area contributed by atoms with Crippen molar-refractivity contribution in [1.29, 1.82) is 0 Å². The number of carbonyl (C=O) groups excluding carboxylic acids is 2. The van der Waals surface area contributed by atoms with E-state index in [1.54, 1.807) is 42.8 Å². The molecule has 1 atom stereocenters. The molecule has 0 radical (unpaired) electrons. The summed E-state index contributed by atoms with van der Waals surface area (Å²) in [5.74, 6) is -0.0466. The average molecular weight is 332 g/mol. The highest BCUT2D eigenvalue weighted by atomic mass is 16.3. The predicted octanol–water partition coefficient (Wildman–Crippen LogP) is 2.16. The second-order valence-electron chi connectivity index (χ2n) is 7.73. The molecule has 24 heavy (non-hydrogen) atoms. The average Bonchev–Trinajstić information content (AvgIpc) is 2.52. The van der Waals surface area contributed by atoms with E-state index in [4.69, 9.17) is 0 Å². The van der Waals surface area contributed by atoms with Gasteiger partial charge in [0.1, 0.15) is 0 Å². The third-order valence-electron chi connectivity index (χ3n) is 4.49. The zero-order chi connectivity index (χ0) is 18.0. The number of rotatable bonds is 4. The Balaban J connectivity index is 2.11. The first-order chi connectivity index (χ1) is 11.1. The van der Waals surface area contributed by atoms with Crippen LogP contribution in [-0.4, -0.2) is 59.0 Å². The standard InChI is InChI=1S/C19H28N2O3/c1-18(2,24)13-20(4)17(23)19(3)11-8-12-21(14-19)16(22)15-9-6-5-7-10-15/h5-7,9-10,24H,8,11-14H2,1-4H3. The van der Waals surface area contributed by atoms with E-state index in [0.29, 0.717) is 18.7 Å². The Hall–Kier alpha value is -1.88. The quantitative estimate of drug-likeness (QED) is 0.919. The summed E-state index contributed by atoms with van der Waals surface area (Å²) in [6, 6.07) is 9.18. The third-order valence-corrected chi connectivity index (χ3v) is 4.49. The van der Waals surface area contributed by atoms with Crippen molar-refractivity contribution in [3.8, 4) is 0 Å². The molecule has 2 amide bonds. The van der Waals surface area contributed by atoms with Crippen LogP contribution in [0.5, 0.6) is 0 Å².